The number of nitrogens with zero attached hydrogens (tertiary/aromatic N) is 8. The zero-order chi connectivity index (χ0) is 98.6. The van der Waals surface area contributed by atoms with Crippen molar-refractivity contribution in [2.45, 2.75) is 72.6 Å². The van der Waals surface area contributed by atoms with Crippen LogP contribution < -0.4 is 0 Å². The molecule has 8 aromatic heterocycles. The van der Waals surface area contributed by atoms with E-state index in [9.17, 15) is 0 Å². The van der Waals surface area contributed by atoms with Crippen molar-refractivity contribution in [3.05, 3.63) is 603 Å². The first-order chi connectivity index (χ1) is 71.1. The summed E-state index contributed by atoms with van der Waals surface area (Å²) in [5.74, 6) is 0.641. The van der Waals surface area contributed by atoms with Crippen molar-refractivity contribution in [3.8, 4) is 135 Å². The maximum atomic E-state index is 4.73. The molecule has 8 heterocycles. The molecule has 0 aliphatic rings. The second-order valence-electron chi connectivity index (χ2n) is 34.7. The third kappa shape index (κ3) is 34.8. The quantitative estimate of drug-likeness (QED) is 0.0584. The molecule has 0 aliphatic carbocycles. The van der Waals surface area contributed by atoms with Gasteiger partial charge in [-0.25, -0.2) is 11.1 Å². The van der Waals surface area contributed by atoms with Crippen LogP contribution in [0.4, 0.5) is 0 Å². The molecule has 4 radical (unpaired) electrons. The number of rotatable bonds is 23. The number of pyridine rings is 8. The first-order valence-electron chi connectivity index (χ1n) is 48.7. The van der Waals surface area contributed by atoms with Gasteiger partial charge < -0.3 is 39.9 Å². The number of hydrogen-bond donors (Lipinski definition) is 0. The Morgan fingerprint density at radius 3 is 0.946 bits per heavy atom. The largest absolute Gasteiger partial charge is 0.305 e. The van der Waals surface area contributed by atoms with Crippen LogP contribution in [0.3, 0.4) is 0 Å². The normalized spacial score (nSPS) is 10.2. The predicted molar refractivity (Wildman–Crippen MR) is 591 cm³/mol. The molecule has 148 heavy (non-hydrogen) atoms. The average Bonchev–Trinajstić information content (AvgIpc) is 0.818. The van der Waals surface area contributed by atoms with Gasteiger partial charge in [-0.1, -0.05) is 214 Å². The standard InChI is InChI=1S/C46H36N2.2C18H14N.C17H12N.C15H16N.2C11H8N.4Ir/c1-4-10-41(11-5-1)42-26-22-35(23-27-42)16-19-38-30-39(20-17-36-24-28-45(47-33-36)43-12-6-2-7-13-43)32-40(31-38)21-18-37-25-29-46(48-34-37)44-14-8-3-9-15-44;1-14-12-18(16-10-6-3-7-11-16)19-13-17(14)15-8-4-2-5-9-15;1-14-7-5-6-10-17(14)16-11-12-18(19-13-16)15-8-3-2-4-9-15;1-2-7-14(8-3-1)15-9-6-10-16(13-15)17-11-4-5-12-18-17;1-12(2)11-14-9-6-10-15(16-14)13-7-4-3-5-8-13;2*1-2-6-10(7-3-1)11-8-4-5-9-12-11;;;;/h1-10,12,14,22-26,28-34H,16-21H2;2-10,12-13H,1H3;2-8,10-13H,1H3;1-9,11-13H;3-7,9-10,12H,11H2,1-2H3;2*1-6,8-9H;;;;/q-4;6*-1;;;;. The van der Waals surface area contributed by atoms with E-state index in [0.29, 0.717) is 5.92 Å². The minimum atomic E-state index is 0. The molecule has 12 heteroatoms. The molecule has 22 aromatic rings. The summed E-state index contributed by atoms with van der Waals surface area (Å²) < 4.78 is 0. The predicted octanol–water partition coefficient (Wildman–Crippen LogP) is 32.1. The maximum Gasteiger partial charge on any atom is 0.0299 e. The summed E-state index contributed by atoms with van der Waals surface area (Å²) >= 11 is 0. The Balaban J connectivity index is 0.000000164. The zero-order valence-electron chi connectivity index (χ0n) is 82.7. The van der Waals surface area contributed by atoms with Crippen molar-refractivity contribution >= 4 is 0 Å². The van der Waals surface area contributed by atoms with Gasteiger partial charge in [0, 0.05) is 135 Å². The van der Waals surface area contributed by atoms with Crippen LogP contribution in [0.2, 0.25) is 0 Å². The van der Waals surface area contributed by atoms with E-state index < -0.39 is 0 Å². The molecular weight excluding hydrogens is 2510 g/mol. The molecule has 8 nitrogen and oxygen atoms in total. The fraction of sp³-hybridized carbons (Fsp3) is 0.0882. The number of aromatic nitrogens is 8. The van der Waals surface area contributed by atoms with Crippen molar-refractivity contribution in [3.63, 3.8) is 0 Å². The summed E-state index contributed by atoms with van der Waals surface area (Å²) in [5, 5.41) is 0. The van der Waals surface area contributed by atoms with Gasteiger partial charge in [-0.2, -0.15) is 48.5 Å². The van der Waals surface area contributed by atoms with E-state index in [1.165, 1.54) is 72.3 Å². The molecule has 0 saturated carbocycles. The van der Waals surface area contributed by atoms with Crippen LogP contribution in [0.5, 0.6) is 0 Å². The summed E-state index contributed by atoms with van der Waals surface area (Å²) in [6.45, 7) is 8.66. The van der Waals surface area contributed by atoms with Crippen LogP contribution in [0.15, 0.2) is 492 Å². The molecule has 22 rings (SSSR count). The van der Waals surface area contributed by atoms with Gasteiger partial charge in [0.15, 0.2) is 0 Å². The minimum absolute atomic E-state index is 0. The van der Waals surface area contributed by atoms with E-state index in [1.54, 1.807) is 18.6 Å². The Labute approximate surface area is 928 Å². The van der Waals surface area contributed by atoms with Gasteiger partial charge in [0.25, 0.3) is 0 Å². The maximum absolute atomic E-state index is 4.73. The minimum Gasteiger partial charge on any atom is -0.305 e. The summed E-state index contributed by atoms with van der Waals surface area (Å²) in [5.41, 5.74) is 36.9. The third-order valence-electron chi connectivity index (χ3n) is 23.7. The van der Waals surface area contributed by atoms with Crippen molar-refractivity contribution in [2.75, 3.05) is 0 Å². The van der Waals surface area contributed by atoms with E-state index >= 15 is 0 Å². The molecule has 0 fully saturated rings. The van der Waals surface area contributed by atoms with Crippen LogP contribution in [-0.2, 0) is 125 Å². The second-order valence-corrected chi connectivity index (χ2v) is 34.7. The topological polar surface area (TPSA) is 103 Å². The molecule has 0 amide bonds. The van der Waals surface area contributed by atoms with Gasteiger partial charge in [-0.05, 0) is 189 Å². The van der Waals surface area contributed by atoms with E-state index in [-0.39, 0.29) is 80.4 Å². The van der Waals surface area contributed by atoms with Crippen LogP contribution in [0, 0.1) is 80.4 Å². The van der Waals surface area contributed by atoms with E-state index in [0.717, 1.165) is 157 Å². The van der Waals surface area contributed by atoms with E-state index in [1.807, 2.05) is 310 Å². The zero-order valence-corrected chi connectivity index (χ0v) is 92.3. The van der Waals surface area contributed by atoms with Gasteiger partial charge in [0.1, 0.15) is 0 Å². The van der Waals surface area contributed by atoms with Crippen LogP contribution in [-0.4, -0.2) is 39.9 Å². The Morgan fingerprint density at radius 1 is 0.203 bits per heavy atom. The Hall–Kier alpha value is -15.1. The van der Waals surface area contributed by atoms with Crippen LogP contribution in [0.25, 0.3) is 135 Å². The van der Waals surface area contributed by atoms with Gasteiger partial charge in [-0.15, -0.1) is 298 Å². The van der Waals surface area contributed by atoms with Gasteiger partial charge in [0.2, 0.25) is 0 Å². The molecule has 0 atom stereocenters. The summed E-state index contributed by atoms with van der Waals surface area (Å²) in [4.78, 5) is 36.0. The summed E-state index contributed by atoms with van der Waals surface area (Å²) in [6, 6.07) is 184. The van der Waals surface area contributed by atoms with Gasteiger partial charge in [0.05, 0.1) is 0 Å². The average molecular weight is 2620 g/mol. The first kappa shape index (κ1) is 112. The fourth-order valence-electron chi connectivity index (χ4n) is 16.2. The molecule has 0 N–H and O–H groups in total. The second kappa shape index (κ2) is 60.7. The number of aryl methyl sites for hydroxylation is 8. The Morgan fingerprint density at radius 2 is 0.554 bits per heavy atom. The molecule has 0 saturated heterocycles. The Kier molecular flexibility index (Phi) is 45.8. The van der Waals surface area contributed by atoms with Crippen molar-refractivity contribution < 1.29 is 80.4 Å². The molecule has 0 aliphatic heterocycles. The molecule has 0 spiro atoms. The smallest absolute Gasteiger partial charge is 0.0299 e. The molecule has 0 unspecified atom stereocenters. The first-order valence-corrected chi connectivity index (χ1v) is 48.7. The Bertz CT molecular complexity index is 7070. The molecular formula is C136H108Ir4N8-10. The summed E-state index contributed by atoms with van der Waals surface area (Å²) in [7, 11) is 0. The molecule has 738 valence electrons. The molecule has 14 aromatic carbocycles. The monoisotopic (exact) mass is 2620 g/mol. The van der Waals surface area contributed by atoms with Crippen LogP contribution in [0.1, 0.15) is 64.0 Å². The van der Waals surface area contributed by atoms with Gasteiger partial charge >= 0.3 is 0 Å². The number of benzene rings is 14. The third-order valence-corrected chi connectivity index (χ3v) is 23.7. The fourth-order valence-corrected chi connectivity index (χ4v) is 16.2. The van der Waals surface area contributed by atoms with E-state index in [4.69, 9.17) is 9.97 Å². The summed E-state index contributed by atoms with van der Waals surface area (Å²) in [6.07, 6.45) is 20.1. The van der Waals surface area contributed by atoms with Crippen molar-refractivity contribution in [1.29, 1.82) is 0 Å². The van der Waals surface area contributed by atoms with E-state index in [2.05, 4.69) is 282 Å². The SMILES string of the molecule is CC(C)Cc1cccc(-c2[c-]cccc2)n1.Cc1cc(-c2[c-]cccc2)ncc1-c1ccccc1.Cc1ccccc1-c1ccc(-c2[c-]cccc2)nc1.[Ir].[Ir].[Ir].[Ir].[c-]1ccc(-c2ccccc2)cc1-c1ccccn1.[c-]1ccccc1-c1[c-]cc(CCc2cc(CCc3ccc(-c4[c-]cccc4)nc3)cc(CCc3ccc(-c4[c-]cccc4)nc3)c2)cc1.[c-]1ccccc1-c1ccccn1.[c-]1ccccc1-c1ccccn1. The van der Waals surface area contributed by atoms with Crippen LogP contribution >= 0.6 is 0 Å². The molecule has 0 bridgehead atoms. The van der Waals surface area contributed by atoms with Crippen molar-refractivity contribution in [1.82, 2.24) is 39.9 Å². The van der Waals surface area contributed by atoms with Crippen molar-refractivity contribution in [2.24, 2.45) is 5.92 Å². The van der Waals surface area contributed by atoms with Gasteiger partial charge in [-0.3, -0.25) is 0 Å². The number of hydrogen-bond acceptors (Lipinski definition) is 8.